The van der Waals surface area contributed by atoms with Crippen LogP contribution in [0.2, 0.25) is 0 Å². The Hall–Kier alpha value is -2.29. The molecule has 1 atom stereocenters. The second-order valence-electron chi connectivity index (χ2n) is 5.53. The third-order valence-corrected chi connectivity index (χ3v) is 3.55. The molecule has 0 unspecified atom stereocenters. The van der Waals surface area contributed by atoms with Crippen molar-refractivity contribution in [2.75, 3.05) is 0 Å². The van der Waals surface area contributed by atoms with Crippen molar-refractivity contribution in [1.82, 2.24) is 5.32 Å². The molecule has 1 amide bonds. The topological polar surface area (TPSA) is 38.3 Å². The molecule has 0 aromatic heterocycles. The average molecular weight is 297 g/mol. The molecule has 1 N–H and O–H groups in total. The van der Waals surface area contributed by atoms with Gasteiger partial charge in [-0.15, -0.1) is 0 Å². The number of carbonyl (C=O) groups excluding carboxylic acids is 1. The Morgan fingerprint density at radius 2 is 1.55 bits per heavy atom. The Morgan fingerprint density at radius 1 is 1.00 bits per heavy atom. The minimum absolute atomic E-state index is 0.0800. The fourth-order valence-electron chi connectivity index (χ4n) is 2.11. The molecule has 0 aliphatic rings. The van der Waals surface area contributed by atoms with Gasteiger partial charge in [0.2, 0.25) is 0 Å². The van der Waals surface area contributed by atoms with Crippen molar-refractivity contribution < 1.29 is 9.53 Å². The Morgan fingerprint density at radius 3 is 2.09 bits per heavy atom. The highest BCUT2D eigenvalue weighted by Gasteiger charge is 2.17. The van der Waals surface area contributed by atoms with Crippen LogP contribution in [0.25, 0.3) is 0 Å². The van der Waals surface area contributed by atoms with Crippen molar-refractivity contribution in [2.45, 2.75) is 39.8 Å². The van der Waals surface area contributed by atoms with Crippen LogP contribution in [0.15, 0.2) is 48.5 Å². The molecule has 3 heteroatoms. The Bertz CT molecular complexity index is 602. The first kappa shape index (κ1) is 16.1. The molecule has 0 aliphatic carbocycles. The van der Waals surface area contributed by atoms with Crippen LogP contribution in [0.4, 0.5) is 0 Å². The zero-order valence-corrected chi connectivity index (χ0v) is 13.4. The van der Waals surface area contributed by atoms with E-state index in [0.717, 1.165) is 11.3 Å². The molecule has 2 rings (SSSR count). The maximum atomic E-state index is 12.2. The van der Waals surface area contributed by atoms with E-state index in [2.05, 4.69) is 5.32 Å². The number of ether oxygens (including phenoxy) is 1. The summed E-state index contributed by atoms with van der Waals surface area (Å²) in [6.45, 7) is 6.54. The molecule has 0 spiro atoms. The monoisotopic (exact) mass is 297 g/mol. The van der Waals surface area contributed by atoms with Gasteiger partial charge in [0.1, 0.15) is 5.75 Å². The third kappa shape index (κ3) is 4.62. The van der Waals surface area contributed by atoms with Crippen LogP contribution >= 0.6 is 0 Å². The van der Waals surface area contributed by atoms with Gasteiger partial charge in [-0.1, -0.05) is 54.4 Å². The molecule has 0 saturated heterocycles. The van der Waals surface area contributed by atoms with Crippen molar-refractivity contribution >= 4 is 5.91 Å². The van der Waals surface area contributed by atoms with Gasteiger partial charge in [-0.05, 0) is 38.0 Å². The lowest BCUT2D eigenvalue weighted by Crippen LogP contribution is -2.37. The number of nitrogens with one attached hydrogen (secondary N) is 1. The quantitative estimate of drug-likeness (QED) is 0.881. The highest BCUT2D eigenvalue weighted by atomic mass is 16.5. The average Bonchev–Trinajstić information content (AvgIpc) is 2.53. The molecule has 116 valence electrons. The molecule has 0 bridgehead atoms. The molecule has 2 aromatic rings. The first-order chi connectivity index (χ1) is 10.6. The van der Waals surface area contributed by atoms with Gasteiger partial charge < -0.3 is 10.1 Å². The molecule has 0 saturated carbocycles. The Kier molecular flexibility index (Phi) is 5.59. The first-order valence-corrected chi connectivity index (χ1v) is 7.65. The smallest absolute Gasteiger partial charge is 0.261 e. The van der Waals surface area contributed by atoms with E-state index in [1.165, 1.54) is 11.1 Å². The van der Waals surface area contributed by atoms with Crippen LogP contribution in [0.3, 0.4) is 0 Å². The van der Waals surface area contributed by atoms with Gasteiger partial charge in [0, 0.05) is 6.54 Å². The lowest BCUT2D eigenvalue weighted by atomic mass is 10.1. The number of amides is 1. The molecule has 0 aliphatic heterocycles. The fraction of sp³-hybridized carbons (Fsp3) is 0.316. The van der Waals surface area contributed by atoms with Gasteiger partial charge in [0.05, 0.1) is 0 Å². The standard InChI is InChI=1S/C19H23NO2/c1-4-18(22-17-11-7-15(3)8-12-17)19(21)20-13-16-9-5-14(2)6-10-16/h5-12,18H,4,13H2,1-3H3,(H,20,21)/t18-/m0/s1. The lowest BCUT2D eigenvalue weighted by molar-refractivity contribution is -0.128. The minimum atomic E-state index is -0.465. The van der Waals surface area contributed by atoms with Gasteiger partial charge in [-0.3, -0.25) is 4.79 Å². The van der Waals surface area contributed by atoms with Crippen LogP contribution in [-0.4, -0.2) is 12.0 Å². The van der Waals surface area contributed by atoms with Crippen molar-refractivity contribution in [3.8, 4) is 5.75 Å². The summed E-state index contributed by atoms with van der Waals surface area (Å²) >= 11 is 0. The Labute approximate surface area is 132 Å². The largest absolute Gasteiger partial charge is 0.481 e. The summed E-state index contributed by atoms with van der Waals surface area (Å²) in [6, 6.07) is 15.9. The van der Waals surface area contributed by atoms with Gasteiger partial charge in [0.25, 0.3) is 5.91 Å². The second kappa shape index (κ2) is 7.64. The molecular formula is C19H23NO2. The number of hydrogen-bond donors (Lipinski definition) is 1. The third-order valence-electron chi connectivity index (χ3n) is 3.55. The number of rotatable bonds is 6. The van der Waals surface area contributed by atoms with Crippen LogP contribution in [0.5, 0.6) is 5.75 Å². The summed E-state index contributed by atoms with van der Waals surface area (Å²) in [5.74, 6) is 0.645. The molecule has 22 heavy (non-hydrogen) atoms. The summed E-state index contributed by atoms with van der Waals surface area (Å²) in [4.78, 5) is 12.2. The number of hydrogen-bond acceptors (Lipinski definition) is 2. The van der Waals surface area contributed by atoms with Gasteiger partial charge >= 0.3 is 0 Å². The molecule has 0 fully saturated rings. The van der Waals surface area contributed by atoms with Crippen LogP contribution in [0, 0.1) is 13.8 Å². The molecule has 2 aromatic carbocycles. The summed E-state index contributed by atoms with van der Waals surface area (Å²) < 4.78 is 5.78. The van der Waals surface area contributed by atoms with E-state index < -0.39 is 6.10 Å². The lowest BCUT2D eigenvalue weighted by Gasteiger charge is -2.17. The highest BCUT2D eigenvalue weighted by Crippen LogP contribution is 2.14. The van der Waals surface area contributed by atoms with Crippen LogP contribution < -0.4 is 10.1 Å². The van der Waals surface area contributed by atoms with Crippen LogP contribution in [-0.2, 0) is 11.3 Å². The predicted octanol–water partition coefficient (Wildman–Crippen LogP) is 3.78. The van der Waals surface area contributed by atoms with Crippen molar-refractivity contribution in [2.24, 2.45) is 0 Å². The summed E-state index contributed by atoms with van der Waals surface area (Å²) in [5, 5.41) is 2.94. The fourth-order valence-corrected chi connectivity index (χ4v) is 2.11. The van der Waals surface area contributed by atoms with Gasteiger partial charge in [-0.2, -0.15) is 0 Å². The van der Waals surface area contributed by atoms with Crippen molar-refractivity contribution in [1.29, 1.82) is 0 Å². The van der Waals surface area contributed by atoms with E-state index >= 15 is 0 Å². The molecule has 0 radical (unpaired) electrons. The molecule has 0 heterocycles. The molecular weight excluding hydrogens is 274 g/mol. The predicted molar refractivity (Wildman–Crippen MR) is 88.9 cm³/mol. The van der Waals surface area contributed by atoms with Gasteiger partial charge in [-0.25, -0.2) is 0 Å². The Balaban J connectivity index is 1.91. The maximum absolute atomic E-state index is 12.2. The molecule has 3 nitrogen and oxygen atoms in total. The zero-order chi connectivity index (χ0) is 15.9. The number of carbonyl (C=O) groups is 1. The van der Waals surface area contributed by atoms with E-state index in [1.807, 2.05) is 69.3 Å². The van der Waals surface area contributed by atoms with Crippen molar-refractivity contribution in [3.63, 3.8) is 0 Å². The van der Waals surface area contributed by atoms with E-state index in [1.54, 1.807) is 0 Å². The van der Waals surface area contributed by atoms with E-state index in [0.29, 0.717) is 13.0 Å². The highest BCUT2D eigenvalue weighted by molar-refractivity contribution is 5.81. The van der Waals surface area contributed by atoms with E-state index in [-0.39, 0.29) is 5.91 Å². The van der Waals surface area contributed by atoms with Crippen molar-refractivity contribution in [3.05, 3.63) is 65.2 Å². The normalized spacial score (nSPS) is 11.8. The zero-order valence-electron chi connectivity index (χ0n) is 13.4. The number of benzene rings is 2. The summed E-state index contributed by atoms with van der Waals surface area (Å²) in [5.41, 5.74) is 3.47. The SMILES string of the molecule is CC[C@H](Oc1ccc(C)cc1)C(=O)NCc1ccc(C)cc1. The van der Waals surface area contributed by atoms with E-state index in [9.17, 15) is 4.79 Å². The van der Waals surface area contributed by atoms with Crippen LogP contribution in [0.1, 0.15) is 30.0 Å². The van der Waals surface area contributed by atoms with Gasteiger partial charge in [0.15, 0.2) is 6.10 Å². The first-order valence-electron chi connectivity index (χ1n) is 7.65. The minimum Gasteiger partial charge on any atom is -0.481 e. The number of aryl methyl sites for hydroxylation is 2. The second-order valence-corrected chi connectivity index (χ2v) is 5.53. The van der Waals surface area contributed by atoms with E-state index in [4.69, 9.17) is 4.74 Å². The summed E-state index contributed by atoms with van der Waals surface area (Å²) in [7, 11) is 0. The summed E-state index contributed by atoms with van der Waals surface area (Å²) in [6.07, 6.45) is 0.168. The maximum Gasteiger partial charge on any atom is 0.261 e.